The molecule has 1 aromatic carbocycles. The maximum absolute atomic E-state index is 12.6. The van der Waals surface area contributed by atoms with Crippen LogP contribution in [0.2, 0.25) is 0 Å². The molecule has 0 bridgehead atoms. The smallest absolute Gasteiger partial charge is 0.228 e. The van der Waals surface area contributed by atoms with Gasteiger partial charge >= 0.3 is 0 Å². The van der Waals surface area contributed by atoms with Crippen molar-refractivity contribution in [2.24, 2.45) is 0 Å². The zero-order valence-corrected chi connectivity index (χ0v) is 13.2. The number of likely N-dealkylation sites (tertiary alicyclic amines) is 1. The highest BCUT2D eigenvalue weighted by atomic mass is 16.2. The van der Waals surface area contributed by atoms with E-state index in [-0.39, 0.29) is 5.91 Å². The Labute approximate surface area is 136 Å². The van der Waals surface area contributed by atoms with Gasteiger partial charge in [-0.3, -0.25) is 9.89 Å². The summed E-state index contributed by atoms with van der Waals surface area (Å²) in [4.78, 5) is 17.1. The maximum Gasteiger partial charge on any atom is 0.228 e. The number of nitrogens with one attached hydrogen (secondary N) is 1. The third-order valence-electron chi connectivity index (χ3n) is 5.01. The Morgan fingerprint density at radius 2 is 2.17 bits per heavy atom. The number of rotatable bonds is 4. The highest BCUT2D eigenvalue weighted by Gasteiger charge is 2.31. The van der Waals surface area contributed by atoms with E-state index in [1.54, 1.807) is 6.20 Å². The SMILES string of the molecule is O=C(Cc1ccn[nH]1)N1CCCC1CN1CCc2ccccc21. The molecule has 5 nitrogen and oxygen atoms in total. The number of para-hydroxylation sites is 1. The minimum atomic E-state index is 0.212. The van der Waals surface area contributed by atoms with Crippen molar-refractivity contribution in [1.29, 1.82) is 0 Å². The summed E-state index contributed by atoms with van der Waals surface area (Å²) in [6.07, 6.45) is 5.45. The molecule has 1 amide bonds. The van der Waals surface area contributed by atoms with E-state index < -0.39 is 0 Å². The van der Waals surface area contributed by atoms with Crippen LogP contribution < -0.4 is 4.90 Å². The van der Waals surface area contributed by atoms with Gasteiger partial charge in [-0.25, -0.2) is 0 Å². The number of benzene rings is 1. The monoisotopic (exact) mass is 310 g/mol. The molecule has 1 aromatic heterocycles. The predicted octanol–water partition coefficient (Wildman–Crippen LogP) is 2.01. The van der Waals surface area contributed by atoms with Crippen LogP contribution in [0.3, 0.4) is 0 Å². The highest BCUT2D eigenvalue weighted by molar-refractivity contribution is 5.79. The molecule has 0 spiro atoms. The van der Waals surface area contributed by atoms with Gasteiger partial charge in [0.1, 0.15) is 0 Å². The van der Waals surface area contributed by atoms with E-state index in [0.29, 0.717) is 12.5 Å². The van der Waals surface area contributed by atoms with Crippen LogP contribution in [0, 0.1) is 0 Å². The van der Waals surface area contributed by atoms with Gasteiger partial charge in [-0.1, -0.05) is 18.2 Å². The first-order valence-electron chi connectivity index (χ1n) is 8.42. The molecular formula is C18H22N4O. The van der Waals surface area contributed by atoms with Crippen LogP contribution >= 0.6 is 0 Å². The summed E-state index contributed by atoms with van der Waals surface area (Å²) in [6.45, 7) is 2.90. The topological polar surface area (TPSA) is 52.2 Å². The molecule has 4 rings (SSSR count). The van der Waals surface area contributed by atoms with Gasteiger partial charge in [0.2, 0.25) is 5.91 Å². The molecular weight excluding hydrogens is 288 g/mol. The molecule has 5 heteroatoms. The number of aromatic amines is 1. The quantitative estimate of drug-likeness (QED) is 0.940. The van der Waals surface area contributed by atoms with Gasteiger partial charge in [0.05, 0.1) is 6.42 Å². The number of carbonyl (C=O) groups is 1. The number of nitrogens with zero attached hydrogens (tertiary/aromatic N) is 3. The summed E-state index contributed by atoms with van der Waals surface area (Å²) >= 11 is 0. The maximum atomic E-state index is 12.6. The summed E-state index contributed by atoms with van der Waals surface area (Å²) in [5.41, 5.74) is 3.67. The molecule has 1 saturated heterocycles. The van der Waals surface area contributed by atoms with Gasteiger partial charge < -0.3 is 9.80 Å². The lowest BCUT2D eigenvalue weighted by Gasteiger charge is -2.30. The lowest BCUT2D eigenvalue weighted by atomic mass is 10.1. The first-order valence-corrected chi connectivity index (χ1v) is 8.42. The first-order chi connectivity index (χ1) is 11.3. The van der Waals surface area contributed by atoms with Gasteiger partial charge in [0, 0.05) is 43.3 Å². The second-order valence-corrected chi connectivity index (χ2v) is 6.47. The van der Waals surface area contributed by atoms with E-state index in [0.717, 1.165) is 44.6 Å². The van der Waals surface area contributed by atoms with Crippen molar-refractivity contribution < 1.29 is 4.79 Å². The van der Waals surface area contributed by atoms with E-state index in [4.69, 9.17) is 0 Å². The number of anilines is 1. The third kappa shape index (κ3) is 2.83. The Morgan fingerprint density at radius 1 is 1.26 bits per heavy atom. The van der Waals surface area contributed by atoms with Crippen molar-refractivity contribution in [3.05, 3.63) is 47.8 Å². The fourth-order valence-electron chi connectivity index (χ4n) is 3.85. The van der Waals surface area contributed by atoms with E-state index >= 15 is 0 Å². The molecule has 2 aliphatic rings. The zero-order chi connectivity index (χ0) is 15.6. The molecule has 1 fully saturated rings. The number of hydrogen-bond donors (Lipinski definition) is 1. The zero-order valence-electron chi connectivity index (χ0n) is 13.2. The van der Waals surface area contributed by atoms with Crippen molar-refractivity contribution >= 4 is 11.6 Å². The predicted molar refractivity (Wildman–Crippen MR) is 89.4 cm³/mol. The molecule has 120 valence electrons. The van der Waals surface area contributed by atoms with Gasteiger partial charge in [0.15, 0.2) is 0 Å². The Balaban J connectivity index is 1.43. The van der Waals surface area contributed by atoms with Gasteiger partial charge in [-0.2, -0.15) is 5.10 Å². The fraction of sp³-hybridized carbons (Fsp3) is 0.444. The molecule has 1 N–H and O–H groups in total. The first kappa shape index (κ1) is 14.3. The molecule has 1 unspecified atom stereocenters. The summed E-state index contributed by atoms with van der Waals surface area (Å²) < 4.78 is 0. The third-order valence-corrected chi connectivity index (χ3v) is 5.01. The van der Waals surface area contributed by atoms with Crippen molar-refractivity contribution in [3.8, 4) is 0 Å². The van der Waals surface area contributed by atoms with Crippen LogP contribution in [0.25, 0.3) is 0 Å². The minimum absolute atomic E-state index is 0.212. The van der Waals surface area contributed by atoms with Crippen molar-refractivity contribution in [2.45, 2.75) is 31.7 Å². The van der Waals surface area contributed by atoms with Crippen LogP contribution in [0.15, 0.2) is 36.5 Å². The van der Waals surface area contributed by atoms with Gasteiger partial charge in [0.25, 0.3) is 0 Å². The molecule has 23 heavy (non-hydrogen) atoms. The van der Waals surface area contributed by atoms with Crippen molar-refractivity contribution in [1.82, 2.24) is 15.1 Å². The Morgan fingerprint density at radius 3 is 3.04 bits per heavy atom. The standard InChI is InChI=1S/C18H22N4O/c23-18(12-15-7-9-19-20-15)22-10-3-5-16(22)13-21-11-8-14-4-1-2-6-17(14)21/h1-2,4,6-7,9,16H,3,5,8,10-13H2,(H,19,20). The molecule has 0 saturated carbocycles. The van der Waals surface area contributed by atoms with Crippen molar-refractivity contribution in [3.63, 3.8) is 0 Å². The number of carbonyl (C=O) groups excluding carboxylic acids is 1. The second kappa shape index (κ2) is 6.07. The van der Waals surface area contributed by atoms with Gasteiger partial charge in [-0.05, 0) is 37.0 Å². The molecule has 1 atom stereocenters. The lowest BCUT2D eigenvalue weighted by molar-refractivity contribution is -0.131. The molecule has 3 heterocycles. The number of aromatic nitrogens is 2. The van der Waals surface area contributed by atoms with E-state index in [2.05, 4.69) is 44.3 Å². The Hall–Kier alpha value is -2.30. The van der Waals surface area contributed by atoms with E-state index in [9.17, 15) is 4.79 Å². The second-order valence-electron chi connectivity index (χ2n) is 6.47. The van der Waals surface area contributed by atoms with Crippen molar-refractivity contribution in [2.75, 3.05) is 24.5 Å². The summed E-state index contributed by atoms with van der Waals surface area (Å²) in [6, 6.07) is 10.8. The fourth-order valence-corrected chi connectivity index (χ4v) is 3.85. The number of amides is 1. The summed E-state index contributed by atoms with van der Waals surface area (Å²) in [7, 11) is 0. The Bertz CT molecular complexity index is 682. The van der Waals surface area contributed by atoms with E-state index in [1.165, 1.54) is 11.3 Å². The Kier molecular flexibility index (Phi) is 3.77. The van der Waals surface area contributed by atoms with E-state index in [1.807, 2.05) is 6.07 Å². The van der Waals surface area contributed by atoms with Crippen LogP contribution in [-0.4, -0.2) is 46.7 Å². The molecule has 0 radical (unpaired) electrons. The van der Waals surface area contributed by atoms with Gasteiger partial charge in [-0.15, -0.1) is 0 Å². The van der Waals surface area contributed by atoms with Crippen LogP contribution in [0.4, 0.5) is 5.69 Å². The van der Waals surface area contributed by atoms with Crippen LogP contribution in [-0.2, 0) is 17.6 Å². The lowest BCUT2D eigenvalue weighted by Crippen LogP contribution is -2.43. The average molecular weight is 310 g/mol. The number of hydrogen-bond acceptors (Lipinski definition) is 3. The molecule has 0 aliphatic carbocycles. The molecule has 2 aromatic rings. The average Bonchev–Trinajstić information content (AvgIpc) is 3.29. The number of H-pyrrole nitrogens is 1. The number of fused-ring (bicyclic) bond motifs is 1. The summed E-state index contributed by atoms with van der Waals surface area (Å²) in [5, 5.41) is 6.81. The largest absolute Gasteiger partial charge is 0.369 e. The van der Waals surface area contributed by atoms with Crippen LogP contribution in [0.1, 0.15) is 24.1 Å². The summed E-state index contributed by atoms with van der Waals surface area (Å²) in [5.74, 6) is 0.212. The minimum Gasteiger partial charge on any atom is -0.369 e. The highest BCUT2D eigenvalue weighted by Crippen LogP contribution is 2.29. The van der Waals surface area contributed by atoms with Crippen LogP contribution in [0.5, 0.6) is 0 Å². The molecule has 2 aliphatic heterocycles. The normalized spacial score (nSPS) is 20.1.